The van der Waals surface area contributed by atoms with Gasteiger partial charge in [-0.05, 0) is 12.1 Å². The number of para-hydroxylation sites is 1. The van der Waals surface area contributed by atoms with E-state index >= 15 is 0 Å². The predicted molar refractivity (Wildman–Crippen MR) is 57.1 cm³/mol. The van der Waals surface area contributed by atoms with E-state index in [0.717, 1.165) is 0 Å². The molecule has 1 N–H and O–H groups in total. The summed E-state index contributed by atoms with van der Waals surface area (Å²) in [7, 11) is 1.21. The van der Waals surface area contributed by atoms with Crippen LogP contribution in [0.2, 0.25) is 0 Å². The summed E-state index contributed by atoms with van der Waals surface area (Å²) in [5.74, 6) is -0.997. The lowest BCUT2D eigenvalue weighted by atomic mass is 10.1. The Balaban J connectivity index is 2.89. The van der Waals surface area contributed by atoms with Crippen molar-refractivity contribution in [2.75, 3.05) is 12.4 Å². The molecule has 0 aliphatic rings. The van der Waals surface area contributed by atoms with E-state index in [1.807, 2.05) is 0 Å². The van der Waals surface area contributed by atoms with Gasteiger partial charge in [0.05, 0.1) is 12.8 Å². The minimum atomic E-state index is -0.606. The van der Waals surface area contributed by atoms with Gasteiger partial charge in [-0.2, -0.15) is 0 Å². The Morgan fingerprint density at radius 2 is 2.06 bits per heavy atom. The number of rotatable bonds is 5. The Morgan fingerprint density at radius 3 is 2.69 bits per heavy atom. The third kappa shape index (κ3) is 2.91. The molecule has 84 valence electrons. The molecule has 5 heteroatoms. The first kappa shape index (κ1) is 11.9. The van der Waals surface area contributed by atoms with Crippen LogP contribution < -0.4 is 5.32 Å². The molecular weight excluding hydrogens is 210 g/mol. The molecular formula is C11H11NO4. The van der Waals surface area contributed by atoms with Crippen molar-refractivity contribution < 1.29 is 19.1 Å². The average Bonchev–Trinajstić information content (AvgIpc) is 2.30. The van der Waals surface area contributed by atoms with Gasteiger partial charge in [0.1, 0.15) is 6.42 Å². The van der Waals surface area contributed by atoms with E-state index in [0.29, 0.717) is 17.7 Å². The molecule has 1 aromatic carbocycles. The van der Waals surface area contributed by atoms with Crippen LogP contribution in [0.4, 0.5) is 5.69 Å². The minimum absolute atomic E-state index is 0.292. The lowest BCUT2D eigenvalue weighted by Gasteiger charge is -2.06. The SMILES string of the molecule is COC(=O)CC(=O)c1ccccc1NC=O. The first-order chi connectivity index (χ1) is 7.69. The van der Waals surface area contributed by atoms with Crippen LogP contribution in [-0.4, -0.2) is 25.3 Å². The van der Waals surface area contributed by atoms with Crippen LogP contribution >= 0.6 is 0 Å². The van der Waals surface area contributed by atoms with Crippen LogP contribution in [0.25, 0.3) is 0 Å². The molecule has 0 radical (unpaired) electrons. The average molecular weight is 221 g/mol. The fourth-order valence-electron chi connectivity index (χ4n) is 1.21. The molecule has 0 heterocycles. The highest BCUT2D eigenvalue weighted by Crippen LogP contribution is 2.16. The van der Waals surface area contributed by atoms with Gasteiger partial charge in [-0.25, -0.2) is 0 Å². The van der Waals surface area contributed by atoms with Crippen molar-refractivity contribution in [3.63, 3.8) is 0 Å². The summed E-state index contributed by atoms with van der Waals surface area (Å²) in [5, 5.41) is 2.39. The van der Waals surface area contributed by atoms with E-state index in [1.54, 1.807) is 18.2 Å². The predicted octanol–water partition coefficient (Wildman–Crippen LogP) is 1.00. The summed E-state index contributed by atoms with van der Waals surface area (Å²) in [6.07, 6.45) is 0.137. The monoisotopic (exact) mass is 221 g/mol. The topological polar surface area (TPSA) is 72.5 Å². The Labute approximate surface area is 92.4 Å². The smallest absolute Gasteiger partial charge is 0.313 e. The van der Waals surface area contributed by atoms with Gasteiger partial charge in [0.2, 0.25) is 6.41 Å². The largest absolute Gasteiger partial charge is 0.469 e. The van der Waals surface area contributed by atoms with Crippen LogP contribution in [0.5, 0.6) is 0 Å². The third-order valence-corrected chi connectivity index (χ3v) is 1.97. The number of hydrogen-bond donors (Lipinski definition) is 1. The summed E-state index contributed by atoms with van der Waals surface area (Å²) < 4.78 is 4.39. The Morgan fingerprint density at radius 1 is 1.38 bits per heavy atom. The molecule has 0 aliphatic carbocycles. The van der Waals surface area contributed by atoms with Gasteiger partial charge in [0, 0.05) is 5.56 Å². The van der Waals surface area contributed by atoms with Crippen molar-refractivity contribution in [2.24, 2.45) is 0 Å². The number of esters is 1. The second-order valence-electron chi connectivity index (χ2n) is 2.98. The normalized spacial score (nSPS) is 9.31. The van der Waals surface area contributed by atoms with Gasteiger partial charge in [0.25, 0.3) is 0 Å². The molecule has 1 aromatic rings. The van der Waals surface area contributed by atoms with E-state index in [2.05, 4.69) is 10.1 Å². The number of amides is 1. The maximum Gasteiger partial charge on any atom is 0.313 e. The number of anilines is 1. The van der Waals surface area contributed by atoms with Crippen LogP contribution in [-0.2, 0) is 14.3 Å². The summed E-state index contributed by atoms with van der Waals surface area (Å²) in [4.78, 5) is 32.9. The van der Waals surface area contributed by atoms with E-state index in [4.69, 9.17) is 0 Å². The summed E-state index contributed by atoms with van der Waals surface area (Å²) in [6.45, 7) is 0. The molecule has 0 saturated heterocycles. The number of ether oxygens (including phenoxy) is 1. The lowest BCUT2D eigenvalue weighted by Crippen LogP contribution is -2.11. The molecule has 1 rings (SSSR count). The quantitative estimate of drug-likeness (QED) is 0.348. The maximum absolute atomic E-state index is 11.7. The molecule has 0 unspecified atom stereocenters. The van der Waals surface area contributed by atoms with E-state index in [9.17, 15) is 14.4 Å². The van der Waals surface area contributed by atoms with E-state index in [1.165, 1.54) is 13.2 Å². The summed E-state index contributed by atoms with van der Waals surface area (Å²) in [6, 6.07) is 6.46. The van der Waals surface area contributed by atoms with Crippen molar-refractivity contribution in [2.45, 2.75) is 6.42 Å². The van der Waals surface area contributed by atoms with Gasteiger partial charge < -0.3 is 10.1 Å². The van der Waals surface area contributed by atoms with Gasteiger partial charge in [-0.3, -0.25) is 14.4 Å². The molecule has 1 amide bonds. The van der Waals surface area contributed by atoms with Crippen molar-refractivity contribution in [1.82, 2.24) is 0 Å². The Kier molecular flexibility index (Phi) is 4.20. The lowest BCUT2D eigenvalue weighted by molar-refractivity contribution is -0.139. The van der Waals surface area contributed by atoms with Gasteiger partial charge in [-0.1, -0.05) is 12.1 Å². The van der Waals surface area contributed by atoms with Crippen molar-refractivity contribution >= 4 is 23.9 Å². The molecule has 16 heavy (non-hydrogen) atoms. The zero-order valence-corrected chi connectivity index (χ0v) is 8.73. The fraction of sp³-hybridized carbons (Fsp3) is 0.182. The molecule has 0 aliphatic heterocycles. The van der Waals surface area contributed by atoms with E-state index < -0.39 is 11.8 Å². The number of hydrogen-bond acceptors (Lipinski definition) is 4. The van der Waals surface area contributed by atoms with E-state index in [-0.39, 0.29) is 6.42 Å². The minimum Gasteiger partial charge on any atom is -0.469 e. The highest BCUT2D eigenvalue weighted by molar-refractivity contribution is 6.09. The van der Waals surface area contributed by atoms with Gasteiger partial charge in [-0.15, -0.1) is 0 Å². The first-order valence-electron chi connectivity index (χ1n) is 4.58. The van der Waals surface area contributed by atoms with Crippen molar-refractivity contribution in [3.05, 3.63) is 29.8 Å². The highest BCUT2D eigenvalue weighted by atomic mass is 16.5. The summed E-state index contributed by atoms with van der Waals surface area (Å²) in [5.41, 5.74) is 0.673. The van der Waals surface area contributed by atoms with Crippen LogP contribution in [0.1, 0.15) is 16.8 Å². The zero-order chi connectivity index (χ0) is 12.0. The number of benzene rings is 1. The zero-order valence-electron chi connectivity index (χ0n) is 8.73. The first-order valence-corrected chi connectivity index (χ1v) is 4.58. The molecule has 0 aromatic heterocycles. The number of carbonyl (C=O) groups excluding carboxylic acids is 3. The Bertz CT molecular complexity index is 414. The van der Waals surface area contributed by atoms with Crippen molar-refractivity contribution in [1.29, 1.82) is 0 Å². The fourth-order valence-corrected chi connectivity index (χ4v) is 1.21. The Hall–Kier alpha value is -2.17. The second kappa shape index (κ2) is 5.65. The van der Waals surface area contributed by atoms with Gasteiger partial charge >= 0.3 is 5.97 Å². The molecule has 0 bridgehead atoms. The highest BCUT2D eigenvalue weighted by Gasteiger charge is 2.14. The summed E-state index contributed by atoms with van der Waals surface area (Å²) >= 11 is 0. The third-order valence-electron chi connectivity index (χ3n) is 1.97. The number of nitrogens with one attached hydrogen (secondary N) is 1. The number of ketones is 1. The number of methoxy groups -OCH3 is 1. The number of carbonyl (C=O) groups is 3. The maximum atomic E-state index is 11.7. The second-order valence-corrected chi connectivity index (χ2v) is 2.98. The van der Waals surface area contributed by atoms with Gasteiger partial charge in [0.15, 0.2) is 5.78 Å². The van der Waals surface area contributed by atoms with Crippen molar-refractivity contribution in [3.8, 4) is 0 Å². The molecule has 0 fully saturated rings. The van der Waals surface area contributed by atoms with Crippen LogP contribution in [0.15, 0.2) is 24.3 Å². The number of Topliss-reactive ketones (excluding diaryl/α,β-unsaturated/α-hetero) is 1. The van der Waals surface area contributed by atoms with Crippen LogP contribution in [0.3, 0.4) is 0 Å². The molecule has 0 spiro atoms. The van der Waals surface area contributed by atoms with Crippen LogP contribution in [0, 0.1) is 0 Å². The molecule has 0 saturated carbocycles. The molecule has 5 nitrogen and oxygen atoms in total. The standard InChI is InChI=1S/C11H11NO4/c1-16-11(15)6-10(14)8-4-2-3-5-9(8)12-7-13/h2-5,7H,6H2,1H3,(H,12,13). The molecule has 0 atom stereocenters.